The van der Waals surface area contributed by atoms with Crippen molar-refractivity contribution < 1.29 is 5.11 Å². The molecule has 1 unspecified atom stereocenters. The summed E-state index contributed by atoms with van der Waals surface area (Å²) in [6, 6.07) is 0. The molecule has 0 amide bonds. The Morgan fingerprint density at radius 1 is 1.27 bits per heavy atom. The largest absolute Gasteiger partial charge is 0.389 e. The normalized spacial score (nSPS) is 16.4. The molecule has 0 spiro atoms. The molecule has 0 aliphatic rings. The van der Waals surface area contributed by atoms with E-state index < -0.39 is 5.60 Å². The maximum atomic E-state index is 9.89. The lowest BCUT2D eigenvalue weighted by molar-refractivity contribution is 0.0276. The zero-order valence-electron chi connectivity index (χ0n) is 7.98. The van der Waals surface area contributed by atoms with Gasteiger partial charge in [0.1, 0.15) is 0 Å². The number of rotatable bonds is 6. The lowest BCUT2D eigenvalue weighted by atomic mass is 9.95. The van der Waals surface area contributed by atoms with Gasteiger partial charge in [0.2, 0.25) is 0 Å². The Morgan fingerprint density at radius 3 is 2.27 bits per heavy atom. The van der Waals surface area contributed by atoms with E-state index in [1.54, 1.807) is 0 Å². The van der Waals surface area contributed by atoms with Gasteiger partial charge < -0.3 is 10.4 Å². The number of hydrogen-bond acceptors (Lipinski definition) is 2. The van der Waals surface area contributed by atoms with Gasteiger partial charge in [-0.15, -0.1) is 0 Å². The smallest absolute Gasteiger partial charge is 0.0768 e. The number of hydrogen-bond donors (Lipinski definition) is 2. The Balaban J connectivity index is 3.68. The zero-order chi connectivity index (χ0) is 8.74. The first-order valence-corrected chi connectivity index (χ1v) is 4.61. The fraction of sp³-hybridized carbons (Fsp3) is 1.00. The van der Waals surface area contributed by atoms with Crippen LogP contribution in [-0.2, 0) is 0 Å². The highest BCUT2D eigenvalue weighted by molar-refractivity contribution is 4.78. The van der Waals surface area contributed by atoms with Gasteiger partial charge in [-0.05, 0) is 19.4 Å². The molecule has 0 saturated heterocycles. The van der Waals surface area contributed by atoms with E-state index in [0.717, 1.165) is 32.4 Å². The molecule has 2 nitrogen and oxygen atoms in total. The summed E-state index contributed by atoms with van der Waals surface area (Å²) < 4.78 is 0. The van der Waals surface area contributed by atoms with Crippen LogP contribution in [0.2, 0.25) is 0 Å². The van der Waals surface area contributed by atoms with Crippen molar-refractivity contribution >= 4 is 0 Å². The molecule has 1 atom stereocenters. The van der Waals surface area contributed by atoms with E-state index in [-0.39, 0.29) is 0 Å². The van der Waals surface area contributed by atoms with Crippen molar-refractivity contribution in [1.29, 1.82) is 0 Å². The van der Waals surface area contributed by atoms with Gasteiger partial charge in [-0.2, -0.15) is 0 Å². The van der Waals surface area contributed by atoms with Crippen molar-refractivity contribution in [3.8, 4) is 0 Å². The topological polar surface area (TPSA) is 32.3 Å². The van der Waals surface area contributed by atoms with Gasteiger partial charge in [-0.1, -0.05) is 27.2 Å². The number of likely N-dealkylation sites (N-methyl/N-ethyl adjacent to an activating group) is 1. The Labute approximate surface area is 70.0 Å². The molecule has 0 rings (SSSR count). The van der Waals surface area contributed by atoms with E-state index in [0.29, 0.717) is 0 Å². The monoisotopic (exact) mass is 159 g/mol. The lowest BCUT2D eigenvalue weighted by Crippen LogP contribution is -2.39. The molecule has 0 aromatic heterocycles. The standard InChI is InChI=1S/C9H21NO/c1-4-7-9(11,5-2)8-10-6-3/h10-11H,4-8H2,1-3H3. The zero-order valence-corrected chi connectivity index (χ0v) is 7.98. The highest BCUT2D eigenvalue weighted by atomic mass is 16.3. The molecule has 68 valence electrons. The highest BCUT2D eigenvalue weighted by Gasteiger charge is 2.21. The van der Waals surface area contributed by atoms with E-state index in [4.69, 9.17) is 0 Å². The summed E-state index contributed by atoms with van der Waals surface area (Å²) in [6.45, 7) is 7.86. The van der Waals surface area contributed by atoms with Crippen LogP contribution < -0.4 is 5.32 Å². The molecule has 0 bridgehead atoms. The van der Waals surface area contributed by atoms with Crippen molar-refractivity contribution in [2.45, 2.75) is 45.6 Å². The molecule has 0 aliphatic heterocycles. The van der Waals surface area contributed by atoms with Crippen LogP contribution >= 0.6 is 0 Å². The average molecular weight is 159 g/mol. The molecular formula is C9H21NO. The minimum Gasteiger partial charge on any atom is -0.389 e. The molecule has 2 heteroatoms. The summed E-state index contributed by atoms with van der Waals surface area (Å²) in [4.78, 5) is 0. The van der Waals surface area contributed by atoms with Crippen LogP contribution in [0.4, 0.5) is 0 Å². The molecule has 11 heavy (non-hydrogen) atoms. The number of aliphatic hydroxyl groups is 1. The van der Waals surface area contributed by atoms with Crippen molar-refractivity contribution in [2.24, 2.45) is 0 Å². The second-order valence-corrected chi connectivity index (χ2v) is 3.11. The first-order chi connectivity index (χ1) is 5.18. The Morgan fingerprint density at radius 2 is 1.91 bits per heavy atom. The van der Waals surface area contributed by atoms with Crippen LogP contribution in [0.3, 0.4) is 0 Å². The maximum absolute atomic E-state index is 9.89. The molecule has 0 heterocycles. The Bertz CT molecular complexity index is 95.6. The van der Waals surface area contributed by atoms with Gasteiger partial charge in [-0.25, -0.2) is 0 Å². The second kappa shape index (κ2) is 5.56. The predicted molar refractivity (Wildman–Crippen MR) is 48.7 cm³/mol. The summed E-state index contributed by atoms with van der Waals surface area (Å²) in [7, 11) is 0. The molecule has 2 N–H and O–H groups in total. The fourth-order valence-electron chi connectivity index (χ4n) is 1.21. The van der Waals surface area contributed by atoms with Gasteiger partial charge in [0, 0.05) is 6.54 Å². The van der Waals surface area contributed by atoms with Crippen LogP contribution in [0, 0.1) is 0 Å². The summed E-state index contributed by atoms with van der Waals surface area (Å²) >= 11 is 0. The van der Waals surface area contributed by atoms with Gasteiger partial charge in [-0.3, -0.25) is 0 Å². The first-order valence-electron chi connectivity index (χ1n) is 4.61. The van der Waals surface area contributed by atoms with Crippen LogP contribution in [0.25, 0.3) is 0 Å². The molecule has 0 aliphatic carbocycles. The van der Waals surface area contributed by atoms with Crippen LogP contribution in [0.15, 0.2) is 0 Å². The van der Waals surface area contributed by atoms with Crippen molar-refractivity contribution in [1.82, 2.24) is 5.32 Å². The SMILES string of the molecule is CCCC(O)(CC)CNCC. The summed E-state index contributed by atoms with van der Waals surface area (Å²) in [5, 5.41) is 13.1. The van der Waals surface area contributed by atoms with E-state index >= 15 is 0 Å². The Kier molecular flexibility index (Phi) is 5.51. The van der Waals surface area contributed by atoms with E-state index in [1.807, 2.05) is 6.92 Å². The third kappa shape index (κ3) is 4.38. The fourth-order valence-corrected chi connectivity index (χ4v) is 1.21. The molecule has 0 aromatic carbocycles. The summed E-state index contributed by atoms with van der Waals surface area (Å²) in [5.41, 5.74) is -0.467. The lowest BCUT2D eigenvalue weighted by Gasteiger charge is -2.26. The van der Waals surface area contributed by atoms with Gasteiger partial charge in [0.15, 0.2) is 0 Å². The van der Waals surface area contributed by atoms with Gasteiger partial charge >= 0.3 is 0 Å². The van der Waals surface area contributed by atoms with Gasteiger partial charge in [0.05, 0.1) is 5.60 Å². The van der Waals surface area contributed by atoms with E-state index in [1.165, 1.54) is 0 Å². The van der Waals surface area contributed by atoms with Crippen LogP contribution in [0.5, 0.6) is 0 Å². The summed E-state index contributed by atoms with van der Waals surface area (Å²) in [5.74, 6) is 0. The molecule has 0 radical (unpaired) electrons. The van der Waals surface area contributed by atoms with E-state index in [2.05, 4.69) is 19.2 Å². The minimum atomic E-state index is -0.467. The van der Waals surface area contributed by atoms with Crippen molar-refractivity contribution in [2.75, 3.05) is 13.1 Å². The quantitative estimate of drug-likeness (QED) is 0.616. The average Bonchev–Trinajstić information content (AvgIpc) is 2.02. The summed E-state index contributed by atoms with van der Waals surface area (Å²) in [6.07, 6.45) is 2.79. The maximum Gasteiger partial charge on any atom is 0.0768 e. The molecule has 0 aromatic rings. The van der Waals surface area contributed by atoms with Gasteiger partial charge in [0.25, 0.3) is 0 Å². The molecule has 0 fully saturated rings. The second-order valence-electron chi connectivity index (χ2n) is 3.11. The van der Waals surface area contributed by atoms with Crippen LogP contribution in [-0.4, -0.2) is 23.8 Å². The van der Waals surface area contributed by atoms with Crippen molar-refractivity contribution in [3.63, 3.8) is 0 Å². The van der Waals surface area contributed by atoms with Crippen molar-refractivity contribution in [3.05, 3.63) is 0 Å². The first kappa shape index (κ1) is 10.9. The number of nitrogens with one attached hydrogen (secondary N) is 1. The predicted octanol–water partition coefficient (Wildman–Crippen LogP) is 1.54. The van der Waals surface area contributed by atoms with E-state index in [9.17, 15) is 5.11 Å². The third-order valence-corrected chi connectivity index (χ3v) is 2.08. The minimum absolute atomic E-state index is 0.467. The third-order valence-electron chi connectivity index (χ3n) is 2.08. The molecular weight excluding hydrogens is 138 g/mol. The molecule has 0 saturated carbocycles. The Hall–Kier alpha value is -0.0800. The van der Waals surface area contributed by atoms with Crippen LogP contribution in [0.1, 0.15) is 40.0 Å². The highest BCUT2D eigenvalue weighted by Crippen LogP contribution is 2.15.